The Balaban J connectivity index is 2.43. The number of nitrogens with zero attached hydrogens (tertiary/aromatic N) is 2. The lowest BCUT2D eigenvalue weighted by atomic mass is 10.2. The molecule has 1 aromatic heterocycles. The van der Waals surface area contributed by atoms with E-state index in [1.165, 1.54) is 0 Å². The summed E-state index contributed by atoms with van der Waals surface area (Å²) in [6, 6.07) is 5.10. The maximum absolute atomic E-state index is 11.9. The van der Waals surface area contributed by atoms with Crippen LogP contribution < -0.4 is 16.2 Å². The van der Waals surface area contributed by atoms with Crippen molar-refractivity contribution in [3.63, 3.8) is 0 Å². The van der Waals surface area contributed by atoms with Gasteiger partial charge < -0.3 is 15.4 Å². The highest BCUT2D eigenvalue weighted by atomic mass is 16.5. The van der Waals surface area contributed by atoms with E-state index in [2.05, 4.69) is 9.97 Å². The van der Waals surface area contributed by atoms with Gasteiger partial charge in [-0.3, -0.25) is 9.78 Å². The van der Waals surface area contributed by atoms with Gasteiger partial charge in [-0.1, -0.05) is 0 Å². The van der Waals surface area contributed by atoms with Crippen LogP contribution in [0.1, 0.15) is 0 Å². The lowest BCUT2D eigenvalue weighted by molar-refractivity contribution is 0.206. The molecule has 0 bridgehead atoms. The van der Waals surface area contributed by atoms with Gasteiger partial charge in [0.2, 0.25) is 5.95 Å². The number of benzene rings is 1. The highest BCUT2D eigenvalue weighted by Gasteiger charge is 2.07. The first-order valence-corrected chi connectivity index (χ1v) is 5.61. The molecule has 6 heteroatoms. The van der Waals surface area contributed by atoms with E-state index in [0.717, 1.165) is 0 Å². The van der Waals surface area contributed by atoms with Crippen LogP contribution >= 0.6 is 0 Å². The van der Waals surface area contributed by atoms with Crippen LogP contribution in [0.4, 0.5) is 11.6 Å². The molecule has 0 aliphatic rings. The molecule has 2 rings (SSSR count). The summed E-state index contributed by atoms with van der Waals surface area (Å²) in [7, 11) is 3.48. The van der Waals surface area contributed by atoms with Crippen molar-refractivity contribution < 1.29 is 4.74 Å². The summed E-state index contributed by atoms with van der Waals surface area (Å²) in [5.41, 5.74) is 6.64. The smallest absolute Gasteiger partial charge is 0.260 e. The zero-order valence-corrected chi connectivity index (χ0v) is 10.4. The molecule has 3 N–H and O–H groups in total. The lowest BCUT2D eigenvalue weighted by Crippen LogP contribution is -2.26. The Morgan fingerprint density at radius 2 is 2.28 bits per heavy atom. The van der Waals surface area contributed by atoms with Crippen molar-refractivity contribution in [2.24, 2.45) is 0 Å². The molecule has 0 unspecified atom stereocenters. The minimum absolute atomic E-state index is 0.188. The number of anilines is 2. The van der Waals surface area contributed by atoms with E-state index in [1.54, 1.807) is 25.3 Å². The molecule has 0 radical (unpaired) electrons. The molecular formula is C12H16N4O2. The van der Waals surface area contributed by atoms with E-state index in [0.29, 0.717) is 35.7 Å². The second-order valence-corrected chi connectivity index (χ2v) is 4.08. The average Bonchev–Trinajstić information content (AvgIpc) is 2.36. The highest BCUT2D eigenvalue weighted by molar-refractivity contribution is 5.81. The number of hydrogen-bond donors (Lipinski definition) is 2. The van der Waals surface area contributed by atoms with Crippen LogP contribution in [-0.2, 0) is 4.74 Å². The quantitative estimate of drug-likeness (QED) is 0.773. The predicted octanol–water partition coefficient (Wildman–Crippen LogP) is 0.588. The Labute approximate surface area is 104 Å². The number of nitrogen functional groups attached to an aromatic ring is 1. The summed E-state index contributed by atoms with van der Waals surface area (Å²) >= 11 is 0. The third kappa shape index (κ3) is 2.43. The number of H-pyrrole nitrogens is 1. The topological polar surface area (TPSA) is 84.2 Å². The second kappa shape index (κ2) is 5.05. The number of rotatable bonds is 4. The molecule has 0 spiro atoms. The van der Waals surface area contributed by atoms with E-state index >= 15 is 0 Å². The lowest BCUT2D eigenvalue weighted by Gasteiger charge is -2.17. The van der Waals surface area contributed by atoms with Gasteiger partial charge in [0, 0.05) is 26.4 Å². The SMILES string of the molecule is COCCN(C)c1nc2ccc(N)cc2c(=O)[nH]1. The molecule has 0 aliphatic heterocycles. The summed E-state index contributed by atoms with van der Waals surface area (Å²) in [5, 5.41) is 0.499. The summed E-state index contributed by atoms with van der Waals surface area (Å²) in [5.74, 6) is 0.523. The minimum Gasteiger partial charge on any atom is -0.399 e. The van der Waals surface area contributed by atoms with E-state index in [1.807, 2.05) is 11.9 Å². The number of aromatic amines is 1. The highest BCUT2D eigenvalue weighted by Crippen LogP contribution is 2.13. The number of nitrogens with one attached hydrogen (secondary N) is 1. The van der Waals surface area contributed by atoms with Gasteiger partial charge in [-0.05, 0) is 18.2 Å². The Morgan fingerprint density at radius 1 is 1.50 bits per heavy atom. The van der Waals surface area contributed by atoms with Crippen LogP contribution in [0.15, 0.2) is 23.0 Å². The average molecular weight is 248 g/mol. The van der Waals surface area contributed by atoms with E-state index in [9.17, 15) is 4.79 Å². The van der Waals surface area contributed by atoms with Gasteiger partial charge in [0.15, 0.2) is 0 Å². The number of hydrogen-bond acceptors (Lipinski definition) is 5. The summed E-state index contributed by atoms with van der Waals surface area (Å²) in [6.07, 6.45) is 0. The zero-order chi connectivity index (χ0) is 13.1. The Bertz CT molecular complexity index is 609. The molecular weight excluding hydrogens is 232 g/mol. The van der Waals surface area contributed by atoms with Gasteiger partial charge in [0.05, 0.1) is 17.5 Å². The van der Waals surface area contributed by atoms with Gasteiger partial charge in [-0.2, -0.15) is 0 Å². The number of likely N-dealkylation sites (N-methyl/N-ethyl adjacent to an activating group) is 1. The first kappa shape index (κ1) is 12.4. The molecule has 1 aromatic carbocycles. The molecule has 0 saturated heterocycles. The van der Waals surface area contributed by atoms with Crippen LogP contribution in [0.2, 0.25) is 0 Å². The second-order valence-electron chi connectivity index (χ2n) is 4.08. The summed E-state index contributed by atoms with van der Waals surface area (Å²) in [4.78, 5) is 20.9. The first-order chi connectivity index (χ1) is 8.61. The predicted molar refractivity (Wildman–Crippen MR) is 71.9 cm³/mol. The van der Waals surface area contributed by atoms with Crippen molar-refractivity contribution in [2.75, 3.05) is 37.9 Å². The fraction of sp³-hybridized carbons (Fsp3) is 0.333. The van der Waals surface area contributed by atoms with E-state index in [4.69, 9.17) is 10.5 Å². The first-order valence-electron chi connectivity index (χ1n) is 5.61. The Kier molecular flexibility index (Phi) is 3.47. The fourth-order valence-corrected chi connectivity index (χ4v) is 1.66. The molecule has 0 amide bonds. The fourth-order valence-electron chi connectivity index (χ4n) is 1.66. The van der Waals surface area contributed by atoms with E-state index < -0.39 is 0 Å². The van der Waals surface area contributed by atoms with Crippen molar-refractivity contribution in [3.05, 3.63) is 28.6 Å². The summed E-state index contributed by atoms with van der Waals surface area (Å²) in [6.45, 7) is 1.22. The normalized spacial score (nSPS) is 10.8. The van der Waals surface area contributed by atoms with Crippen LogP contribution in [-0.4, -0.2) is 37.3 Å². The van der Waals surface area contributed by atoms with Crippen LogP contribution in [0, 0.1) is 0 Å². The molecule has 0 saturated carbocycles. The third-order valence-electron chi connectivity index (χ3n) is 2.71. The zero-order valence-electron chi connectivity index (χ0n) is 10.4. The third-order valence-corrected chi connectivity index (χ3v) is 2.71. The molecule has 0 aliphatic carbocycles. The standard InChI is InChI=1S/C12H16N4O2/c1-16(5-6-18-2)12-14-10-4-3-8(13)7-9(10)11(17)15-12/h3-4,7H,5-6,13H2,1-2H3,(H,14,15,17). The Hall–Kier alpha value is -2.08. The van der Waals surface area contributed by atoms with Crippen LogP contribution in [0.25, 0.3) is 10.9 Å². The minimum atomic E-state index is -0.188. The van der Waals surface area contributed by atoms with Crippen molar-refractivity contribution in [1.82, 2.24) is 9.97 Å². The van der Waals surface area contributed by atoms with Gasteiger partial charge in [0.1, 0.15) is 0 Å². The Morgan fingerprint density at radius 3 is 3.00 bits per heavy atom. The van der Waals surface area contributed by atoms with Crippen molar-refractivity contribution in [1.29, 1.82) is 0 Å². The summed E-state index contributed by atoms with van der Waals surface area (Å²) < 4.78 is 4.99. The number of fused-ring (bicyclic) bond motifs is 1. The molecule has 96 valence electrons. The van der Waals surface area contributed by atoms with Gasteiger partial charge in [-0.15, -0.1) is 0 Å². The van der Waals surface area contributed by atoms with Crippen molar-refractivity contribution in [3.8, 4) is 0 Å². The number of ether oxygens (including phenoxy) is 1. The van der Waals surface area contributed by atoms with Gasteiger partial charge >= 0.3 is 0 Å². The monoisotopic (exact) mass is 248 g/mol. The molecule has 6 nitrogen and oxygen atoms in total. The number of methoxy groups -OCH3 is 1. The number of nitrogens with two attached hydrogens (primary N) is 1. The maximum Gasteiger partial charge on any atom is 0.260 e. The van der Waals surface area contributed by atoms with Gasteiger partial charge in [-0.25, -0.2) is 4.98 Å². The molecule has 1 heterocycles. The van der Waals surface area contributed by atoms with Crippen LogP contribution in [0.5, 0.6) is 0 Å². The maximum atomic E-state index is 11.9. The molecule has 18 heavy (non-hydrogen) atoms. The largest absolute Gasteiger partial charge is 0.399 e. The van der Waals surface area contributed by atoms with E-state index in [-0.39, 0.29) is 5.56 Å². The van der Waals surface area contributed by atoms with Crippen LogP contribution in [0.3, 0.4) is 0 Å². The van der Waals surface area contributed by atoms with Gasteiger partial charge in [0.25, 0.3) is 5.56 Å². The number of aromatic nitrogens is 2. The molecule has 2 aromatic rings. The molecule has 0 atom stereocenters. The van der Waals surface area contributed by atoms with Crippen molar-refractivity contribution >= 4 is 22.5 Å². The molecule has 0 fully saturated rings. The van der Waals surface area contributed by atoms with Crippen molar-refractivity contribution in [2.45, 2.75) is 0 Å².